The first-order valence-corrected chi connectivity index (χ1v) is 8.04. The summed E-state index contributed by atoms with van der Waals surface area (Å²) in [6.45, 7) is 10.6. The first-order chi connectivity index (χ1) is 7.74. The molecule has 0 atom stereocenters. The van der Waals surface area contributed by atoms with Crippen molar-refractivity contribution in [3.05, 3.63) is 0 Å². The summed E-state index contributed by atoms with van der Waals surface area (Å²) in [5, 5.41) is 0. The van der Waals surface area contributed by atoms with Crippen LogP contribution in [0.3, 0.4) is 0 Å². The van der Waals surface area contributed by atoms with Crippen molar-refractivity contribution in [1.82, 2.24) is 0 Å². The third-order valence-corrected chi connectivity index (χ3v) is 5.20. The minimum atomic E-state index is -2.42. The smallest absolute Gasteiger partial charge is 0.374 e. The Hall–Kier alpha value is -0.233. The van der Waals surface area contributed by atoms with Crippen LogP contribution in [0.1, 0.15) is 34.1 Å². The summed E-state index contributed by atoms with van der Waals surface area (Å²) in [5.74, 6) is 0. The van der Waals surface area contributed by atoms with E-state index in [1.165, 1.54) is 0 Å². The quantitative estimate of drug-likeness (QED) is 0.338. The molecule has 5 heteroatoms. The molecule has 0 aromatic rings. The standard InChI is InChI=1S/C11H25NO3Si/c1-5-12-10-9-11-16(13-6-2,14-7-3)15-8-4/h5H,6-11H2,1-4H3/b12-5-. The van der Waals surface area contributed by atoms with Gasteiger partial charge in [-0.05, 0) is 40.3 Å². The van der Waals surface area contributed by atoms with E-state index >= 15 is 0 Å². The summed E-state index contributed by atoms with van der Waals surface area (Å²) in [4.78, 5) is 4.19. The number of hydrogen-bond donors (Lipinski definition) is 0. The van der Waals surface area contributed by atoms with Gasteiger partial charge in [-0.3, -0.25) is 4.99 Å². The number of rotatable bonds is 10. The molecular weight excluding hydrogens is 222 g/mol. The highest BCUT2D eigenvalue weighted by Crippen LogP contribution is 2.18. The van der Waals surface area contributed by atoms with Crippen molar-refractivity contribution in [2.45, 2.75) is 40.2 Å². The van der Waals surface area contributed by atoms with Gasteiger partial charge in [-0.2, -0.15) is 0 Å². The topological polar surface area (TPSA) is 40.0 Å². The van der Waals surface area contributed by atoms with Gasteiger partial charge in [-0.15, -0.1) is 0 Å². The fraction of sp³-hybridized carbons (Fsp3) is 0.909. The van der Waals surface area contributed by atoms with Gasteiger partial charge in [0.25, 0.3) is 0 Å². The molecule has 0 radical (unpaired) electrons. The average Bonchev–Trinajstić information content (AvgIpc) is 2.26. The summed E-state index contributed by atoms with van der Waals surface area (Å²) >= 11 is 0. The van der Waals surface area contributed by atoms with E-state index in [9.17, 15) is 0 Å². The maximum absolute atomic E-state index is 5.73. The normalized spacial score (nSPS) is 12.5. The lowest BCUT2D eigenvalue weighted by atomic mass is 10.5. The van der Waals surface area contributed by atoms with E-state index in [4.69, 9.17) is 13.3 Å². The number of nitrogens with zero attached hydrogens (tertiary/aromatic N) is 1. The average molecular weight is 247 g/mol. The summed E-state index contributed by atoms with van der Waals surface area (Å²) in [6, 6.07) is 0.847. The molecule has 0 N–H and O–H groups in total. The molecule has 0 rings (SSSR count). The Morgan fingerprint density at radius 3 is 1.88 bits per heavy atom. The molecule has 0 aliphatic heterocycles. The summed E-state index contributed by atoms with van der Waals surface area (Å²) < 4.78 is 17.2. The molecule has 4 nitrogen and oxygen atoms in total. The Morgan fingerprint density at radius 1 is 1.00 bits per heavy atom. The van der Waals surface area contributed by atoms with Crippen LogP contribution in [-0.2, 0) is 13.3 Å². The maximum Gasteiger partial charge on any atom is 0.500 e. The molecule has 0 aliphatic carbocycles. The Morgan fingerprint density at radius 2 is 1.50 bits per heavy atom. The van der Waals surface area contributed by atoms with Crippen molar-refractivity contribution in [1.29, 1.82) is 0 Å². The zero-order chi connectivity index (χ0) is 12.3. The molecule has 0 unspecified atom stereocenters. The monoisotopic (exact) mass is 247 g/mol. The van der Waals surface area contributed by atoms with Crippen LogP contribution in [-0.4, -0.2) is 41.4 Å². The summed E-state index contributed by atoms with van der Waals surface area (Å²) in [6.07, 6.45) is 2.78. The van der Waals surface area contributed by atoms with Gasteiger partial charge >= 0.3 is 8.80 Å². The van der Waals surface area contributed by atoms with Crippen LogP contribution >= 0.6 is 0 Å². The minimum Gasteiger partial charge on any atom is -0.374 e. The van der Waals surface area contributed by atoms with Gasteiger partial charge in [-0.1, -0.05) is 0 Å². The molecule has 96 valence electrons. The Bertz CT molecular complexity index is 171. The SMILES string of the molecule is C/C=N\CCC[Si](OCC)(OCC)OCC. The lowest BCUT2D eigenvalue weighted by Crippen LogP contribution is -2.46. The van der Waals surface area contributed by atoms with E-state index in [0.29, 0.717) is 19.8 Å². The Kier molecular flexibility index (Phi) is 9.81. The van der Waals surface area contributed by atoms with Crippen molar-refractivity contribution in [2.24, 2.45) is 4.99 Å². The van der Waals surface area contributed by atoms with Gasteiger partial charge in [-0.25, -0.2) is 0 Å². The van der Waals surface area contributed by atoms with Gasteiger partial charge < -0.3 is 13.3 Å². The fourth-order valence-electron chi connectivity index (χ4n) is 1.52. The molecule has 0 aliphatic rings. The van der Waals surface area contributed by atoms with Crippen molar-refractivity contribution in [3.8, 4) is 0 Å². The number of aliphatic imine (C=N–C) groups is 1. The molecule has 0 saturated carbocycles. The first-order valence-electron chi connectivity index (χ1n) is 6.11. The Labute approximate surface area is 100 Å². The highest BCUT2D eigenvalue weighted by Gasteiger charge is 2.39. The van der Waals surface area contributed by atoms with E-state index in [1.54, 1.807) is 0 Å². The van der Waals surface area contributed by atoms with Crippen LogP contribution in [0.25, 0.3) is 0 Å². The molecule has 0 heterocycles. The predicted octanol–water partition coefficient (Wildman–Crippen LogP) is 2.52. The second kappa shape index (κ2) is 9.96. The van der Waals surface area contributed by atoms with Crippen LogP contribution in [0, 0.1) is 0 Å². The van der Waals surface area contributed by atoms with Crippen LogP contribution in [0.15, 0.2) is 4.99 Å². The molecule has 16 heavy (non-hydrogen) atoms. The maximum atomic E-state index is 5.73. The predicted molar refractivity (Wildman–Crippen MR) is 69.1 cm³/mol. The lowest BCUT2D eigenvalue weighted by Gasteiger charge is -2.28. The van der Waals surface area contributed by atoms with Crippen LogP contribution in [0.4, 0.5) is 0 Å². The van der Waals surface area contributed by atoms with E-state index in [2.05, 4.69) is 4.99 Å². The molecule has 0 spiro atoms. The fourth-order valence-corrected chi connectivity index (χ4v) is 4.11. The molecule has 0 saturated heterocycles. The molecule has 0 bridgehead atoms. The highest BCUT2D eigenvalue weighted by molar-refractivity contribution is 6.60. The van der Waals surface area contributed by atoms with Gasteiger partial charge in [0.15, 0.2) is 0 Å². The second-order valence-electron chi connectivity index (χ2n) is 3.25. The molecule has 0 aromatic heterocycles. The molecular formula is C11H25NO3Si. The second-order valence-corrected chi connectivity index (χ2v) is 5.98. The number of hydrogen-bond acceptors (Lipinski definition) is 4. The van der Waals surface area contributed by atoms with Crippen LogP contribution in [0.5, 0.6) is 0 Å². The van der Waals surface area contributed by atoms with E-state index in [-0.39, 0.29) is 0 Å². The van der Waals surface area contributed by atoms with Gasteiger partial charge in [0, 0.05) is 32.4 Å². The molecule has 0 fully saturated rings. The zero-order valence-corrected chi connectivity index (χ0v) is 12.0. The van der Waals surface area contributed by atoms with Crippen LogP contribution < -0.4 is 0 Å². The van der Waals surface area contributed by atoms with Crippen molar-refractivity contribution < 1.29 is 13.3 Å². The van der Waals surface area contributed by atoms with Crippen molar-refractivity contribution in [3.63, 3.8) is 0 Å². The first kappa shape index (κ1) is 15.8. The summed E-state index contributed by atoms with van der Waals surface area (Å²) in [7, 11) is -2.42. The van der Waals surface area contributed by atoms with Crippen molar-refractivity contribution >= 4 is 15.0 Å². The van der Waals surface area contributed by atoms with E-state index in [1.807, 2.05) is 33.9 Å². The van der Waals surface area contributed by atoms with E-state index < -0.39 is 8.80 Å². The lowest BCUT2D eigenvalue weighted by molar-refractivity contribution is 0.0710. The Balaban J connectivity index is 4.22. The van der Waals surface area contributed by atoms with Gasteiger partial charge in [0.2, 0.25) is 0 Å². The minimum absolute atomic E-state index is 0.642. The molecule has 0 amide bonds. The van der Waals surface area contributed by atoms with Gasteiger partial charge in [0.1, 0.15) is 0 Å². The zero-order valence-electron chi connectivity index (χ0n) is 11.0. The third-order valence-electron chi connectivity index (χ3n) is 2.05. The van der Waals surface area contributed by atoms with Gasteiger partial charge in [0.05, 0.1) is 0 Å². The highest BCUT2D eigenvalue weighted by atomic mass is 28.4. The largest absolute Gasteiger partial charge is 0.500 e. The molecule has 0 aromatic carbocycles. The van der Waals surface area contributed by atoms with Crippen LogP contribution in [0.2, 0.25) is 6.04 Å². The van der Waals surface area contributed by atoms with Crippen molar-refractivity contribution in [2.75, 3.05) is 26.4 Å². The third kappa shape index (κ3) is 6.37. The summed E-state index contributed by atoms with van der Waals surface area (Å²) in [5.41, 5.74) is 0. The van der Waals surface area contributed by atoms with E-state index in [0.717, 1.165) is 19.0 Å².